The molecular weight excluding hydrogens is 196 g/mol. The van der Waals surface area contributed by atoms with Gasteiger partial charge < -0.3 is 22.9 Å². The number of hydrogen-bond donors (Lipinski definition) is 6. The van der Waals surface area contributed by atoms with Crippen LogP contribution in [0.1, 0.15) is 0 Å². The van der Waals surface area contributed by atoms with Crippen molar-refractivity contribution in [2.24, 2.45) is 22.9 Å². The van der Waals surface area contributed by atoms with Crippen molar-refractivity contribution >= 4 is 24.1 Å². The van der Waals surface area contributed by atoms with E-state index in [-0.39, 0.29) is 0 Å². The van der Waals surface area contributed by atoms with E-state index in [0.717, 1.165) is 0 Å². The normalized spacial score (nSPS) is 7.43. The molecule has 10 nitrogen and oxygen atoms in total. The van der Waals surface area contributed by atoms with Crippen LogP contribution in [-0.4, -0.2) is 24.1 Å². The molecule has 0 rings (SSSR count). The molecule has 0 saturated carbocycles. The molecule has 14 heavy (non-hydrogen) atoms. The van der Waals surface area contributed by atoms with Crippen LogP contribution >= 0.6 is 0 Å². The first-order valence-electron chi connectivity index (χ1n) is 2.97. The number of rotatable bonds is 0. The lowest BCUT2D eigenvalue weighted by Gasteiger charge is -1.88. The quantitative estimate of drug-likeness (QED) is 0.254. The first kappa shape index (κ1) is 14.0. The highest BCUT2D eigenvalue weighted by atomic mass is 16.2. The molecule has 8 amide bonds. The average molecular weight is 206 g/mol. The topological polar surface area (TPSA) is 196 Å². The predicted molar refractivity (Wildman–Crippen MR) is 44.6 cm³/mol. The Labute approximate surface area is 77.9 Å². The van der Waals surface area contributed by atoms with E-state index in [2.05, 4.69) is 22.9 Å². The monoisotopic (exact) mass is 206 g/mol. The van der Waals surface area contributed by atoms with E-state index < -0.39 is 24.1 Å². The molecule has 0 atom stereocenters. The molecule has 0 aliphatic rings. The minimum atomic E-state index is -0.938. The lowest BCUT2D eigenvalue weighted by Crippen LogP contribution is -2.38. The zero-order chi connectivity index (χ0) is 11.7. The van der Waals surface area contributed by atoms with Gasteiger partial charge in [0.1, 0.15) is 0 Å². The molecule has 10 heteroatoms. The number of carbonyl (C=O) groups is 4. The molecule has 0 aromatic carbocycles. The Morgan fingerprint density at radius 2 is 0.714 bits per heavy atom. The van der Waals surface area contributed by atoms with E-state index in [1.165, 1.54) is 0 Å². The van der Waals surface area contributed by atoms with Crippen LogP contribution in [-0.2, 0) is 0 Å². The van der Waals surface area contributed by atoms with Crippen LogP contribution in [0.3, 0.4) is 0 Å². The minimum Gasteiger partial charge on any atom is -0.351 e. The Morgan fingerprint density at radius 1 is 0.571 bits per heavy atom. The van der Waals surface area contributed by atoms with E-state index in [1.54, 1.807) is 10.6 Å². The van der Waals surface area contributed by atoms with E-state index in [1.807, 2.05) is 0 Å². The maximum atomic E-state index is 9.62. The van der Waals surface area contributed by atoms with Gasteiger partial charge in [0.25, 0.3) is 0 Å². The summed E-state index contributed by atoms with van der Waals surface area (Å²) in [5, 5.41) is 3.17. The highest BCUT2D eigenvalue weighted by molar-refractivity contribution is 5.91. The number of primary amides is 4. The van der Waals surface area contributed by atoms with Crippen LogP contribution in [0.5, 0.6) is 0 Å². The zero-order valence-electron chi connectivity index (χ0n) is 6.94. The van der Waals surface area contributed by atoms with Crippen molar-refractivity contribution < 1.29 is 19.2 Å². The molecule has 10 N–H and O–H groups in total. The maximum Gasteiger partial charge on any atom is 0.320 e. The second-order valence-corrected chi connectivity index (χ2v) is 1.71. The Balaban J connectivity index is 0. The second-order valence-electron chi connectivity index (χ2n) is 1.71. The fourth-order valence-corrected chi connectivity index (χ4v) is 0.243. The summed E-state index contributed by atoms with van der Waals surface area (Å²) in [5.74, 6) is 0. The first-order chi connectivity index (χ1) is 6.25. The number of carbonyl (C=O) groups excluding carboxylic acids is 4. The summed E-state index contributed by atoms with van der Waals surface area (Å²) in [6, 6.07) is -3.75. The summed E-state index contributed by atoms with van der Waals surface area (Å²) in [4.78, 5) is 38.5. The number of imide groups is 2. The molecule has 0 unspecified atom stereocenters. The van der Waals surface area contributed by atoms with E-state index in [0.29, 0.717) is 0 Å². The number of nitrogens with two attached hydrogens (primary N) is 4. The molecule has 0 radical (unpaired) electrons. The predicted octanol–water partition coefficient (Wildman–Crippen LogP) is -2.53. The molecule has 80 valence electrons. The van der Waals surface area contributed by atoms with Crippen molar-refractivity contribution in [3.63, 3.8) is 0 Å². The fraction of sp³-hybridized carbons (Fsp3) is 0. The highest BCUT2D eigenvalue weighted by Gasteiger charge is 1.92. The number of nitrogens with one attached hydrogen (secondary N) is 2. The van der Waals surface area contributed by atoms with Crippen LogP contribution in [0.2, 0.25) is 0 Å². The Morgan fingerprint density at radius 3 is 0.714 bits per heavy atom. The smallest absolute Gasteiger partial charge is 0.320 e. The van der Waals surface area contributed by atoms with E-state index >= 15 is 0 Å². The standard InChI is InChI=1S/2C2H5N3O2/c2*3-1(6)5-2(4)7/h2*(H5,3,4,5,6,7). The van der Waals surface area contributed by atoms with Crippen molar-refractivity contribution in [1.82, 2.24) is 10.6 Å². The summed E-state index contributed by atoms with van der Waals surface area (Å²) in [7, 11) is 0. The van der Waals surface area contributed by atoms with Gasteiger partial charge in [0, 0.05) is 0 Å². The number of hydrogen-bond acceptors (Lipinski definition) is 4. The zero-order valence-corrected chi connectivity index (χ0v) is 6.94. The second kappa shape index (κ2) is 7.15. The van der Waals surface area contributed by atoms with Crippen LogP contribution in [0.15, 0.2) is 0 Å². The molecule has 0 saturated heterocycles. The minimum absolute atomic E-state index is 0.937. The average Bonchev–Trinajstić information content (AvgIpc) is 1.79. The van der Waals surface area contributed by atoms with Gasteiger partial charge in [0.2, 0.25) is 0 Å². The molecule has 0 bridgehead atoms. The first-order valence-corrected chi connectivity index (χ1v) is 2.97. The van der Waals surface area contributed by atoms with Crippen LogP contribution < -0.4 is 33.6 Å². The van der Waals surface area contributed by atoms with Crippen LogP contribution in [0, 0.1) is 0 Å². The third kappa shape index (κ3) is 22.7. The van der Waals surface area contributed by atoms with Crippen molar-refractivity contribution in [3.05, 3.63) is 0 Å². The van der Waals surface area contributed by atoms with Gasteiger partial charge in [-0.2, -0.15) is 0 Å². The van der Waals surface area contributed by atoms with Crippen LogP contribution in [0.4, 0.5) is 19.2 Å². The fourth-order valence-electron chi connectivity index (χ4n) is 0.243. The SMILES string of the molecule is NC(=O)NC(N)=O.NC(=O)NC(N)=O. The van der Waals surface area contributed by atoms with E-state index in [4.69, 9.17) is 0 Å². The van der Waals surface area contributed by atoms with Gasteiger partial charge in [0.05, 0.1) is 0 Å². The molecule has 0 heterocycles. The number of urea groups is 4. The van der Waals surface area contributed by atoms with Gasteiger partial charge in [-0.05, 0) is 0 Å². The van der Waals surface area contributed by atoms with Gasteiger partial charge in [0.15, 0.2) is 0 Å². The van der Waals surface area contributed by atoms with Crippen molar-refractivity contribution in [2.45, 2.75) is 0 Å². The summed E-state index contributed by atoms with van der Waals surface area (Å²) >= 11 is 0. The van der Waals surface area contributed by atoms with Crippen molar-refractivity contribution in [2.75, 3.05) is 0 Å². The molecule has 0 aliphatic heterocycles. The van der Waals surface area contributed by atoms with Gasteiger partial charge in [-0.3, -0.25) is 10.6 Å². The van der Waals surface area contributed by atoms with Gasteiger partial charge in [-0.1, -0.05) is 0 Å². The Kier molecular flexibility index (Phi) is 7.16. The number of amides is 8. The highest BCUT2D eigenvalue weighted by Crippen LogP contribution is 1.52. The maximum absolute atomic E-state index is 9.62. The molecule has 0 spiro atoms. The molecule has 0 aliphatic carbocycles. The van der Waals surface area contributed by atoms with Gasteiger partial charge in [-0.15, -0.1) is 0 Å². The summed E-state index contributed by atoms with van der Waals surface area (Å²) in [6.07, 6.45) is 0. The third-order valence-corrected chi connectivity index (χ3v) is 0.493. The van der Waals surface area contributed by atoms with Gasteiger partial charge >= 0.3 is 24.1 Å². The van der Waals surface area contributed by atoms with Crippen molar-refractivity contribution in [3.8, 4) is 0 Å². The lowest BCUT2D eigenvalue weighted by molar-refractivity contribution is 0.235. The molecule has 0 aromatic heterocycles. The van der Waals surface area contributed by atoms with E-state index in [9.17, 15) is 19.2 Å². The Hall–Kier alpha value is -2.52. The summed E-state index contributed by atoms with van der Waals surface area (Å²) < 4.78 is 0. The largest absolute Gasteiger partial charge is 0.351 e. The molecule has 0 fully saturated rings. The Bertz CT molecular complexity index is 200. The van der Waals surface area contributed by atoms with Crippen molar-refractivity contribution in [1.29, 1.82) is 0 Å². The third-order valence-electron chi connectivity index (χ3n) is 0.493. The summed E-state index contributed by atoms with van der Waals surface area (Å²) in [5.41, 5.74) is 17.8. The van der Waals surface area contributed by atoms with Gasteiger partial charge in [-0.25, -0.2) is 19.2 Å². The molecular formula is C4H10N6O4. The lowest BCUT2D eigenvalue weighted by atomic mass is 10.9. The molecule has 0 aromatic rings. The van der Waals surface area contributed by atoms with Crippen LogP contribution in [0.25, 0.3) is 0 Å². The summed E-state index contributed by atoms with van der Waals surface area (Å²) in [6.45, 7) is 0.